The highest BCUT2D eigenvalue weighted by Crippen LogP contribution is 2.40. The van der Waals surface area contributed by atoms with Gasteiger partial charge in [0.1, 0.15) is 5.76 Å². The smallest absolute Gasteiger partial charge is 0.273 e. The van der Waals surface area contributed by atoms with Gasteiger partial charge in [0.2, 0.25) is 0 Å². The van der Waals surface area contributed by atoms with Crippen molar-refractivity contribution in [3.63, 3.8) is 0 Å². The molecule has 1 aliphatic carbocycles. The number of piperidine rings is 2. The van der Waals surface area contributed by atoms with E-state index in [2.05, 4.69) is 32.5 Å². The van der Waals surface area contributed by atoms with Gasteiger partial charge in [0, 0.05) is 42.4 Å². The van der Waals surface area contributed by atoms with E-state index in [-0.39, 0.29) is 11.9 Å². The normalized spacial score (nSPS) is 33.1. The Morgan fingerprint density at radius 1 is 1.29 bits per heavy atom. The zero-order valence-electron chi connectivity index (χ0n) is 16.6. The van der Waals surface area contributed by atoms with Gasteiger partial charge in [0.05, 0.1) is 0 Å². The van der Waals surface area contributed by atoms with Crippen molar-refractivity contribution >= 4 is 17.7 Å². The third-order valence-electron chi connectivity index (χ3n) is 6.91. The van der Waals surface area contributed by atoms with Crippen molar-refractivity contribution in [2.24, 2.45) is 5.92 Å². The second-order valence-corrected chi connectivity index (χ2v) is 10.2. The fourth-order valence-corrected chi connectivity index (χ4v) is 6.37. The van der Waals surface area contributed by atoms with E-state index in [0.717, 1.165) is 37.4 Å². The van der Waals surface area contributed by atoms with Gasteiger partial charge in [0.15, 0.2) is 5.69 Å². The van der Waals surface area contributed by atoms with Crippen LogP contribution in [0.5, 0.6) is 0 Å². The molecule has 1 amide bonds. The molecule has 0 aromatic carbocycles. The lowest BCUT2D eigenvalue weighted by Gasteiger charge is -2.52. The minimum absolute atomic E-state index is 0.0619. The molecular formula is C21H32N4O2S. The highest BCUT2D eigenvalue weighted by atomic mass is 32.2. The first-order valence-electron chi connectivity index (χ1n) is 11.1. The van der Waals surface area contributed by atoms with E-state index in [0.29, 0.717) is 23.7 Å². The number of rotatable bonds is 7. The molecule has 4 heterocycles. The molecule has 4 aliphatic rings. The second kappa shape index (κ2) is 8.36. The van der Waals surface area contributed by atoms with Gasteiger partial charge >= 0.3 is 0 Å². The Bertz CT molecular complexity index is 686. The minimum Gasteiger partial charge on any atom is -0.360 e. The first-order valence-corrected chi connectivity index (χ1v) is 12.2. The Morgan fingerprint density at radius 3 is 2.96 bits per heavy atom. The third-order valence-corrected chi connectivity index (χ3v) is 8.24. The van der Waals surface area contributed by atoms with Gasteiger partial charge in [-0.2, -0.15) is 11.8 Å². The van der Waals surface area contributed by atoms with Crippen LogP contribution in [-0.2, 0) is 0 Å². The van der Waals surface area contributed by atoms with Crippen LogP contribution in [-0.4, -0.2) is 65.2 Å². The van der Waals surface area contributed by atoms with Gasteiger partial charge in [-0.05, 0) is 69.7 Å². The topological polar surface area (TPSA) is 70.4 Å². The van der Waals surface area contributed by atoms with E-state index in [9.17, 15) is 4.79 Å². The fraction of sp³-hybridized carbons (Fsp3) is 0.810. The summed E-state index contributed by atoms with van der Waals surface area (Å²) >= 11 is 2.12. The molecule has 5 rings (SSSR count). The molecule has 4 atom stereocenters. The number of nitrogens with zero attached hydrogens (tertiary/aromatic N) is 2. The highest BCUT2D eigenvalue weighted by molar-refractivity contribution is 7.99. The van der Waals surface area contributed by atoms with Crippen LogP contribution in [0.15, 0.2) is 10.6 Å². The van der Waals surface area contributed by atoms with Gasteiger partial charge in [-0.1, -0.05) is 5.16 Å². The maximum absolute atomic E-state index is 12.6. The number of amides is 1. The predicted octanol–water partition coefficient (Wildman–Crippen LogP) is 2.62. The third kappa shape index (κ3) is 4.26. The lowest BCUT2D eigenvalue weighted by molar-refractivity contribution is -0.000724. The molecule has 0 radical (unpaired) electrons. The van der Waals surface area contributed by atoms with Gasteiger partial charge in [-0.25, -0.2) is 0 Å². The van der Waals surface area contributed by atoms with Crippen LogP contribution in [0.3, 0.4) is 0 Å². The molecule has 7 heteroatoms. The predicted molar refractivity (Wildman–Crippen MR) is 111 cm³/mol. The molecule has 1 aromatic heterocycles. The highest BCUT2D eigenvalue weighted by Gasteiger charge is 2.41. The Morgan fingerprint density at radius 2 is 2.21 bits per heavy atom. The summed E-state index contributed by atoms with van der Waals surface area (Å²) in [5, 5.41) is 10.8. The summed E-state index contributed by atoms with van der Waals surface area (Å²) in [6, 6.07) is 3.35. The molecule has 3 aliphatic heterocycles. The van der Waals surface area contributed by atoms with Gasteiger partial charge in [0.25, 0.3) is 5.91 Å². The Hall–Kier alpha value is -1.05. The summed E-state index contributed by atoms with van der Waals surface area (Å²) in [6.45, 7) is 3.60. The van der Waals surface area contributed by atoms with E-state index >= 15 is 0 Å². The zero-order valence-corrected chi connectivity index (χ0v) is 17.4. The van der Waals surface area contributed by atoms with Crippen molar-refractivity contribution in [2.75, 3.05) is 31.1 Å². The number of thioether (sulfide) groups is 1. The fourth-order valence-electron chi connectivity index (χ4n) is 5.02. The molecule has 6 nitrogen and oxygen atoms in total. The monoisotopic (exact) mass is 404 g/mol. The molecule has 3 saturated heterocycles. The SMILES string of the molecule is O=C(NC1CC2CCN2C(CSCC2CCCNC2)C1)c1cc(C2CC2)on1. The van der Waals surface area contributed by atoms with Crippen LogP contribution in [0.4, 0.5) is 0 Å². The van der Waals surface area contributed by atoms with Crippen molar-refractivity contribution in [1.29, 1.82) is 0 Å². The number of carbonyl (C=O) groups excluding carboxylic acids is 1. The zero-order chi connectivity index (χ0) is 18.9. The molecule has 4 fully saturated rings. The number of fused-ring (bicyclic) bond motifs is 1. The molecule has 1 saturated carbocycles. The summed E-state index contributed by atoms with van der Waals surface area (Å²) in [7, 11) is 0. The van der Waals surface area contributed by atoms with Crippen LogP contribution >= 0.6 is 11.8 Å². The van der Waals surface area contributed by atoms with Crippen molar-refractivity contribution in [3.8, 4) is 0 Å². The number of hydrogen-bond donors (Lipinski definition) is 2. The largest absolute Gasteiger partial charge is 0.360 e. The van der Waals surface area contributed by atoms with E-state index in [4.69, 9.17) is 4.52 Å². The van der Waals surface area contributed by atoms with Crippen LogP contribution in [0.25, 0.3) is 0 Å². The standard InChI is InChI=1S/C21H32N4O2S/c26-21(19-10-20(27-24-19)15-3-4-15)23-16-8-17-5-7-25(17)18(9-16)13-28-12-14-2-1-6-22-11-14/h10,14-18,22H,1-9,11-13H2,(H,23,26). The minimum atomic E-state index is -0.0619. The number of nitrogens with one attached hydrogen (secondary N) is 2. The summed E-state index contributed by atoms with van der Waals surface area (Å²) < 4.78 is 5.35. The lowest BCUT2D eigenvalue weighted by Crippen LogP contribution is -2.62. The summed E-state index contributed by atoms with van der Waals surface area (Å²) in [5.41, 5.74) is 0.452. The molecule has 2 N–H and O–H groups in total. The van der Waals surface area contributed by atoms with Gasteiger partial charge in [-0.15, -0.1) is 0 Å². The Kier molecular flexibility index (Phi) is 5.66. The average molecular weight is 405 g/mol. The first-order chi connectivity index (χ1) is 13.8. The number of carbonyl (C=O) groups is 1. The summed E-state index contributed by atoms with van der Waals surface area (Å²) in [6.07, 6.45) is 8.42. The number of hydrogen-bond acceptors (Lipinski definition) is 6. The average Bonchev–Trinajstić information content (AvgIpc) is 3.41. The van der Waals surface area contributed by atoms with Crippen LogP contribution in [0.2, 0.25) is 0 Å². The molecule has 0 spiro atoms. The molecular weight excluding hydrogens is 372 g/mol. The van der Waals surface area contributed by atoms with Gasteiger partial charge in [-0.3, -0.25) is 9.69 Å². The van der Waals surface area contributed by atoms with Crippen LogP contribution in [0, 0.1) is 5.92 Å². The van der Waals surface area contributed by atoms with Gasteiger partial charge < -0.3 is 15.2 Å². The summed E-state index contributed by atoms with van der Waals surface area (Å²) in [4.78, 5) is 15.3. The molecule has 154 valence electrons. The van der Waals surface area contributed by atoms with Crippen molar-refractivity contribution < 1.29 is 9.32 Å². The molecule has 4 unspecified atom stereocenters. The Labute approximate surface area is 171 Å². The molecule has 0 bridgehead atoms. The molecule has 28 heavy (non-hydrogen) atoms. The second-order valence-electron chi connectivity index (χ2n) is 9.11. The Balaban J connectivity index is 1.12. The quantitative estimate of drug-likeness (QED) is 0.728. The van der Waals surface area contributed by atoms with E-state index in [1.54, 1.807) is 0 Å². The lowest BCUT2D eigenvalue weighted by atomic mass is 9.84. The number of aromatic nitrogens is 1. The van der Waals surface area contributed by atoms with Crippen molar-refractivity contribution in [1.82, 2.24) is 20.7 Å². The van der Waals surface area contributed by atoms with E-state index < -0.39 is 0 Å². The molecule has 1 aromatic rings. The maximum Gasteiger partial charge on any atom is 0.273 e. The van der Waals surface area contributed by atoms with Crippen LogP contribution < -0.4 is 10.6 Å². The van der Waals surface area contributed by atoms with Crippen molar-refractivity contribution in [3.05, 3.63) is 17.5 Å². The maximum atomic E-state index is 12.6. The van der Waals surface area contributed by atoms with E-state index in [1.165, 1.54) is 50.4 Å². The van der Waals surface area contributed by atoms with E-state index in [1.807, 2.05) is 6.07 Å². The summed E-state index contributed by atoms with van der Waals surface area (Å²) in [5.74, 6) is 4.60. The van der Waals surface area contributed by atoms with Crippen LogP contribution in [0.1, 0.15) is 67.1 Å². The first kappa shape index (κ1) is 18.9. The van der Waals surface area contributed by atoms with Crippen molar-refractivity contribution in [2.45, 2.75) is 69.0 Å².